The molecule has 1 N–H and O–H groups in total. The largest absolute Gasteiger partial charge is 0.351 e. The van der Waals surface area contributed by atoms with E-state index >= 15 is 0 Å². The molecule has 0 unspecified atom stereocenters. The van der Waals surface area contributed by atoms with E-state index in [1.165, 1.54) is 22.5 Å². The summed E-state index contributed by atoms with van der Waals surface area (Å²) in [5.41, 5.74) is 0.426. The van der Waals surface area contributed by atoms with Gasteiger partial charge in [-0.15, -0.1) is 0 Å². The van der Waals surface area contributed by atoms with Crippen LogP contribution in [-0.4, -0.2) is 56.3 Å². The second-order valence-corrected chi connectivity index (χ2v) is 8.88. The third-order valence-electron chi connectivity index (χ3n) is 4.58. The Hall–Kier alpha value is -2.00. The first-order valence-electron chi connectivity index (χ1n) is 8.84. The summed E-state index contributed by atoms with van der Waals surface area (Å²) in [5.74, 6) is -0.582. The molecule has 0 spiro atoms. The van der Waals surface area contributed by atoms with Crippen LogP contribution in [0.4, 0.5) is 4.39 Å². The van der Waals surface area contributed by atoms with E-state index in [0.29, 0.717) is 36.8 Å². The molecule has 1 heterocycles. The third-order valence-corrected chi connectivity index (χ3v) is 6.75. The molecule has 9 heteroatoms. The summed E-state index contributed by atoms with van der Waals surface area (Å²) in [4.78, 5) is 14.2. The van der Waals surface area contributed by atoms with Gasteiger partial charge in [-0.25, -0.2) is 12.8 Å². The molecule has 6 nitrogen and oxygen atoms in total. The highest BCUT2D eigenvalue weighted by Gasteiger charge is 2.29. The van der Waals surface area contributed by atoms with Crippen molar-refractivity contribution in [3.63, 3.8) is 0 Å². The average molecular weight is 426 g/mol. The third kappa shape index (κ3) is 5.08. The highest BCUT2D eigenvalue weighted by atomic mass is 35.5. The van der Waals surface area contributed by atoms with Crippen LogP contribution in [0.1, 0.15) is 5.56 Å². The minimum absolute atomic E-state index is 0.121. The number of hydrogen-bond acceptors (Lipinski definition) is 4. The minimum atomic E-state index is -3.58. The average Bonchev–Trinajstić information content (AvgIpc) is 2.68. The number of carbonyl (C=O) groups excluding carboxylic acids is 1. The number of sulfonamides is 1. The first-order valence-corrected chi connectivity index (χ1v) is 10.7. The zero-order valence-corrected chi connectivity index (χ0v) is 16.7. The van der Waals surface area contributed by atoms with Crippen molar-refractivity contribution in [1.82, 2.24) is 14.5 Å². The van der Waals surface area contributed by atoms with Crippen molar-refractivity contribution in [2.45, 2.75) is 11.4 Å². The van der Waals surface area contributed by atoms with Crippen LogP contribution in [0.2, 0.25) is 5.02 Å². The van der Waals surface area contributed by atoms with Crippen molar-refractivity contribution < 1.29 is 17.6 Å². The number of piperazine rings is 1. The van der Waals surface area contributed by atoms with Crippen molar-refractivity contribution in [2.75, 3.05) is 32.7 Å². The molecule has 1 aliphatic rings. The van der Waals surface area contributed by atoms with Gasteiger partial charge in [0.15, 0.2) is 0 Å². The van der Waals surface area contributed by atoms with E-state index in [2.05, 4.69) is 5.32 Å². The molecule has 0 atom stereocenters. The van der Waals surface area contributed by atoms with E-state index in [4.69, 9.17) is 11.6 Å². The number of benzene rings is 2. The first kappa shape index (κ1) is 20.7. The zero-order chi connectivity index (χ0) is 20.1. The molecule has 1 saturated heterocycles. The molecule has 0 aliphatic carbocycles. The normalized spacial score (nSPS) is 16.1. The lowest BCUT2D eigenvalue weighted by Gasteiger charge is -2.33. The summed E-state index contributed by atoms with van der Waals surface area (Å²) < 4.78 is 40.3. The topological polar surface area (TPSA) is 69.7 Å². The molecule has 28 heavy (non-hydrogen) atoms. The van der Waals surface area contributed by atoms with E-state index in [1.54, 1.807) is 30.3 Å². The number of hydrogen-bond donors (Lipinski definition) is 1. The second kappa shape index (κ2) is 9.00. The van der Waals surface area contributed by atoms with Gasteiger partial charge in [-0.3, -0.25) is 9.69 Å². The molecule has 3 rings (SSSR count). The van der Waals surface area contributed by atoms with Crippen LogP contribution in [0, 0.1) is 5.82 Å². The summed E-state index contributed by atoms with van der Waals surface area (Å²) in [7, 11) is -3.58. The number of nitrogens with zero attached hydrogens (tertiary/aromatic N) is 2. The summed E-state index contributed by atoms with van der Waals surface area (Å²) in [5, 5.41) is 3.17. The Morgan fingerprint density at radius 2 is 1.68 bits per heavy atom. The summed E-state index contributed by atoms with van der Waals surface area (Å²) in [6.45, 7) is 1.75. The molecular weight excluding hydrogens is 405 g/mol. The first-order chi connectivity index (χ1) is 13.4. The SMILES string of the molecule is O=C(CN1CCN(S(=O)(=O)c2ccc(Cl)cc2)CC1)NCc1ccccc1F. The quantitative estimate of drug-likeness (QED) is 0.769. The van der Waals surface area contributed by atoms with Gasteiger partial charge in [-0.2, -0.15) is 4.31 Å². The molecule has 1 amide bonds. The Bertz CT molecular complexity index is 930. The van der Waals surface area contributed by atoms with Gasteiger partial charge in [0.25, 0.3) is 0 Å². The van der Waals surface area contributed by atoms with Crippen LogP contribution in [0.5, 0.6) is 0 Å². The van der Waals surface area contributed by atoms with Gasteiger partial charge in [0.05, 0.1) is 11.4 Å². The molecule has 150 valence electrons. The van der Waals surface area contributed by atoms with Crippen LogP contribution < -0.4 is 5.32 Å². The van der Waals surface area contributed by atoms with Crippen LogP contribution >= 0.6 is 11.6 Å². The minimum Gasteiger partial charge on any atom is -0.351 e. The second-order valence-electron chi connectivity index (χ2n) is 6.50. The Morgan fingerprint density at radius 1 is 1.04 bits per heavy atom. The molecule has 2 aromatic rings. The highest BCUT2D eigenvalue weighted by molar-refractivity contribution is 7.89. The monoisotopic (exact) mass is 425 g/mol. The number of amides is 1. The maximum absolute atomic E-state index is 13.6. The predicted molar refractivity (Wildman–Crippen MR) is 105 cm³/mol. The van der Waals surface area contributed by atoms with Gasteiger partial charge in [0.2, 0.25) is 15.9 Å². The molecule has 0 bridgehead atoms. The van der Waals surface area contributed by atoms with Crippen molar-refractivity contribution in [3.05, 3.63) is 64.9 Å². The van der Waals surface area contributed by atoms with E-state index in [9.17, 15) is 17.6 Å². The van der Waals surface area contributed by atoms with Crippen molar-refractivity contribution in [2.24, 2.45) is 0 Å². The maximum atomic E-state index is 13.6. The van der Waals surface area contributed by atoms with Gasteiger partial charge in [0.1, 0.15) is 5.82 Å². The Labute approximate surface area is 168 Å². The van der Waals surface area contributed by atoms with Crippen molar-refractivity contribution in [3.8, 4) is 0 Å². The summed E-state index contributed by atoms with van der Waals surface area (Å²) in [6.07, 6.45) is 0. The van der Waals surface area contributed by atoms with Crippen LogP contribution in [0.25, 0.3) is 0 Å². The molecule has 0 aromatic heterocycles. The van der Waals surface area contributed by atoms with Gasteiger partial charge in [-0.1, -0.05) is 29.8 Å². The van der Waals surface area contributed by atoms with Crippen molar-refractivity contribution >= 4 is 27.5 Å². The lowest BCUT2D eigenvalue weighted by Crippen LogP contribution is -2.50. The molecular formula is C19H21ClFN3O3S. The van der Waals surface area contributed by atoms with E-state index < -0.39 is 10.0 Å². The fraction of sp³-hybridized carbons (Fsp3) is 0.316. The fourth-order valence-electron chi connectivity index (χ4n) is 2.98. The van der Waals surface area contributed by atoms with Gasteiger partial charge in [0, 0.05) is 43.3 Å². The van der Waals surface area contributed by atoms with Crippen LogP contribution in [-0.2, 0) is 21.4 Å². The summed E-state index contributed by atoms with van der Waals surface area (Å²) in [6, 6.07) is 12.3. The fourth-order valence-corrected chi connectivity index (χ4v) is 4.53. The lowest BCUT2D eigenvalue weighted by atomic mass is 10.2. The maximum Gasteiger partial charge on any atom is 0.243 e. The Kier molecular flexibility index (Phi) is 6.66. The molecule has 0 saturated carbocycles. The molecule has 1 aliphatic heterocycles. The zero-order valence-electron chi connectivity index (χ0n) is 15.1. The Morgan fingerprint density at radius 3 is 2.32 bits per heavy atom. The number of nitrogens with one attached hydrogen (secondary N) is 1. The predicted octanol–water partition coefficient (Wildman–Crippen LogP) is 2.10. The van der Waals surface area contributed by atoms with Gasteiger partial charge >= 0.3 is 0 Å². The van der Waals surface area contributed by atoms with Gasteiger partial charge in [-0.05, 0) is 30.3 Å². The molecule has 0 radical (unpaired) electrons. The van der Waals surface area contributed by atoms with E-state index in [0.717, 1.165) is 0 Å². The Balaban J connectivity index is 1.49. The molecule has 2 aromatic carbocycles. The smallest absolute Gasteiger partial charge is 0.243 e. The number of carbonyl (C=O) groups is 1. The highest BCUT2D eigenvalue weighted by Crippen LogP contribution is 2.19. The molecule has 1 fully saturated rings. The number of halogens is 2. The number of rotatable bonds is 6. The van der Waals surface area contributed by atoms with E-state index in [-0.39, 0.29) is 29.7 Å². The lowest BCUT2D eigenvalue weighted by molar-refractivity contribution is -0.122. The van der Waals surface area contributed by atoms with Crippen LogP contribution in [0.3, 0.4) is 0 Å². The van der Waals surface area contributed by atoms with Crippen molar-refractivity contribution in [1.29, 1.82) is 0 Å². The van der Waals surface area contributed by atoms with Gasteiger partial charge < -0.3 is 5.32 Å². The van der Waals surface area contributed by atoms with E-state index in [1.807, 2.05) is 4.90 Å². The standard InChI is InChI=1S/C19H21ClFN3O3S/c20-16-5-7-17(8-6-16)28(26,27)24-11-9-23(10-12-24)14-19(25)22-13-15-3-1-2-4-18(15)21/h1-8H,9-14H2,(H,22,25). The van der Waals surface area contributed by atoms with Crippen LogP contribution in [0.15, 0.2) is 53.4 Å². The summed E-state index contributed by atoms with van der Waals surface area (Å²) >= 11 is 5.81.